The highest BCUT2D eigenvalue weighted by Gasteiger charge is 2.35. The van der Waals surface area contributed by atoms with Crippen LogP contribution in [-0.2, 0) is 4.74 Å². The van der Waals surface area contributed by atoms with Crippen LogP contribution in [0.4, 0.5) is 0 Å². The van der Waals surface area contributed by atoms with Crippen LogP contribution in [0, 0.1) is 5.92 Å². The second kappa shape index (κ2) is 7.61. The lowest BCUT2D eigenvalue weighted by molar-refractivity contribution is -0.162. The van der Waals surface area contributed by atoms with Crippen LogP contribution in [0.5, 0.6) is 0 Å². The van der Waals surface area contributed by atoms with Crippen molar-refractivity contribution in [1.82, 2.24) is 10.6 Å². The average molecular weight is 362 g/mol. The molecule has 136 valence electrons. The zero-order valence-electron chi connectivity index (χ0n) is 14.4. The van der Waals surface area contributed by atoms with Gasteiger partial charge in [-0.15, -0.1) is 0 Å². The Morgan fingerprint density at radius 1 is 1.44 bits per heavy atom. The van der Waals surface area contributed by atoms with Gasteiger partial charge in [-0.1, -0.05) is 18.2 Å². The molecule has 0 aromatic heterocycles. The second-order valence-electron chi connectivity index (χ2n) is 7.26. The predicted molar refractivity (Wildman–Crippen MR) is 103 cm³/mol. The second-order valence-corrected chi connectivity index (χ2v) is 8.25. The van der Waals surface area contributed by atoms with Gasteiger partial charge in [0.25, 0.3) is 0 Å². The van der Waals surface area contributed by atoms with E-state index in [1.807, 2.05) is 0 Å². The fourth-order valence-corrected chi connectivity index (χ4v) is 4.50. The number of fused-ring (bicyclic) bond motifs is 1. The Morgan fingerprint density at radius 2 is 2.36 bits per heavy atom. The molecule has 0 saturated carbocycles. The predicted octanol–water partition coefficient (Wildman–Crippen LogP) is 0.746. The maximum absolute atomic E-state index is 10.0. The van der Waals surface area contributed by atoms with Crippen molar-refractivity contribution in [2.75, 3.05) is 44.4 Å². The van der Waals surface area contributed by atoms with E-state index in [2.05, 4.69) is 33.9 Å². The van der Waals surface area contributed by atoms with Gasteiger partial charge in [0.2, 0.25) is 5.96 Å². The van der Waals surface area contributed by atoms with Gasteiger partial charge in [0.05, 0.1) is 25.8 Å². The van der Waals surface area contributed by atoms with E-state index in [9.17, 15) is 5.11 Å². The fourth-order valence-electron chi connectivity index (χ4n) is 3.40. The number of guanidine groups is 1. The van der Waals surface area contributed by atoms with Crippen molar-refractivity contribution in [1.29, 1.82) is 0 Å². The van der Waals surface area contributed by atoms with Gasteiger partial charge in [0, 0.05) is 29.7 Å². The fraction of sp³-hybridized carbons (Fsp3) is 0.667. The molecule has 2 atom stereocenters. The lowest BCUT2D eigenvalue weighted by Gasteiger charge is -2.36. The lowest BCUT2D eigenvalue weighted by atomic mass is 9.95. The van der Waals surface area contributed by atoms with Crippen LogP contribution in [0.2, 0.25) is 0 Å². The van der Waals surface area contributed by atoms with Crippen molar-refractivity contribution >= 4 is 23.4 Å². The van der Waals surface area contributed by atoms with Crippen LogP contribution in [0.15, 0.2) is 33.8 Å². The van der Waals surface area contributed by atoms with Crippen molar-refractivity contribution < 1.29 is 9.84 Å². The average Bonchev–Trinajstić information content (AvgIpc) is 2.62. The largest absolute Gasteiger partial charge is 0.384 e. The van der Waals surface area contributed by atoms with Gasteiger partial charge in [-0.2, -0.15) is 11.8 Å². The molecule has 0 radical (unpaired) electrons. The molecule has 3 N–H and O–H groups in total. The van der Waals surface area contributed by atoms with E-state index in [0.29, 0.717) is 19.1 Å². The first-order valence-corrected chi connectivity index (χ1v) is 10.2. The van der Waals surface area contributed by atoms with E-state index in [0.717, 1.165) is 49.9 Å². The number of nitrogens with zero attached hydrogens (tertiary/aromatic N) is 2. The first-order valence-electron chi connectivity index (χ1n) is 9.04. The molecule has 6 nitrogen and oxygen atoms in total. The van der Waals surface area contributed by atoms with Gasteiger partial charge >= 0.3 is 0 Å². The lowest BCUT2D eigenvalue weighted by Crippen LogP contribution is -2.51. The normalized spacial score (nSPS) is 30.5. The van der Waals surface area contributed by atoms with Crippen LogP contribution in [0.25, 0.3) is 0 Å². The van der Waals surface area contributed by atoms with Crippen LogP contribution in [0.3, 0.4) is 0 Å². The molecule has 3 heterocycles. The summed E-state index contributed by atoms with van der Waals surface area (Å²) in [6, 6.07) is 0.258. The molecule has 4 rings (SSSR count). The molecule has 1 aliphatic carbocycles. The summed E-state index contributed by atoms with van der Waals surface area (Å²) in [7, 11) is 0. The summed E-state index contributed by atoms with van der Waals surface area (Å²) in [6.07, 6.45) is 8.74. The summed E-state index contributed by atoms with van der Waals surface area (Å²) in [6.45, 7) is 3.78. The maximum Gasteiger partial charge on any atom is 0.218 e. The third-order valence-electron chi connectivity index (χ3n) is 5.03. The molecule has 0 aromatic carbocycles. The van der Waals surface area contributed by atoms with E-state index in [1.165, 1.54) is 11.3 Å². The minimum Gasteiger partial charge on any atom is -0.384 e. The van der Waals surface area contributed by atoms with Crippen LogP contribution in [0.1, 0.15) is 12.8 Å². The highest BCUT2D eigenvalue weighted by Crippen LogP contribution is 2.24. The number of rotatable bonds is 5. The van der Waals surface area contributed by atoms with Gasteiger partial charge in [-0.3, -0.25) is 4.99 Å². The first-order chi connectivity index (χ1) is 12.2. The number of hydrogen-bond acceptors (Lipinski definition) is 7. The zero-order valence-corrected chi connectivity index (χ0v) is 15.2. The van der Waals surface area contributed by atoms with Crippen LogP contribution < -0.4 is 10.6 Å². The molecule has 0 bridgehead atoms. The molecule has 7 heteroatoms. The SMILES string of the molecule is OC1(CSCC2=CCC(NC3=NCC4CCNCC4=N3)C=C2)COC1. The minimum atomic E-state index is -0.599. The minimum absolute atomic E-state index is 0.258. The molecule has 2 fully saturated rings. The topological polar surface area (TPSA) is 78.2 Å². The summed E-state index contributed by atoms with van der Waals surface area (Å²) in [5, 5.41) is 16.9. The molecular formula is C18H26N4O2S. The Kier molecular flexibility index (Phi) is 5.26. The van der Waals surface area contributed by atoms with Gasteiger partial charge in [-0.05, 0) is 25.0 Å². The summed E-state index contributed by atoms with van der Waals surface area (Å²) < 4.78 is 5.07. The zero-order chi connectivity index (χ0) is 17.1. The Balaban J connectivity index is 1.22. The van der Waals surface area contributed by atoms with Crippen LogP contribution >= 0.6 is 11.8 Å². The Hall–Kier alpha value is -1.15. The van der Waals surface area contributed by atoms with Gasteiger partial charge < -0.3 is 20.5 Å². The smallest absolute Gasteiger partial charge is 0.218 e. The van der Waals surface area contributed by atoms with Crippen molar-refractivity contribution in [2.45, 2.75) is 24.5 Å². The van der Waals surface area contributed by atoms with Crippen molar-refractivity contribution in [3.05, 3.63) is 23.8 Å². The summed E-state index contributed by atoms with van der Waals surface area (Å²) in [5.41, 5.74) is 1.96. The third kappa shape index (κ3) is 4.34. The Bertz CT molecular complexity index is 625. The molecular weight excluding hydrogens is 336 g/mol. The standard InChI is InChI=1S/C18H26N4O2S/c23-18(10-24-11-18)12-25-9-13-1-3-15(4-2-13)21-17-20-7-14-5-6-19-8-16(14)22-17/h1-3,14-15,19,23H,4-12H2,(H,20,21). The molecule has 25 heavy (non-hydrogen) atoms. The number of aliphatic hydroxyl groups is 1. The van der Waals surface area contributed by atoms with Gasteiger partial charge in [-0.25, -0.2) is 4.99 Å². The number of allylic oxidation sites excluding steroid dienone is 1. The van der Waals surface area contributed by atoms with E-state index < -0.39 is 5.60 Å². The number of nitrogens with one attached hydrogen (secondary N) is 2. The monoisotopic (exact) mass is 362 g/mol. The van der Waals surface area contributed by atoms with Crippen LogP contribution in [-0.4, -0.2) is 72.8 Å². The van der Waals surface area contributed by atoms with E-state index in [-0.39, 0.29) is 6.04 Å². The summed E-state index contributed by atoms with van der Waals surface area (Å²) in [4.78, 5) is 9.32. The van der Waals surface area contributed by atoms with E-state index in [1.54, 1.807) is 11.8 Å². The van der Waals surface area contributed by atoms with Crippen molar-refractivity contribution in [3.8, 4) is 0 Å². The molecule has 4 aliphatic rings. The molecule has 3 aliphatic heterocycles. The van der Waals surface area contributed by atoms with E-state index in [4.69, 9.17) is 9.73 Å². The number of thioether (sulfide) groups is 1. The van der Waals surface area contributed by atoms with E-state index >= 15 is 0 Å². The van der Waals surface area contributed by atoms with Gasteiger partial charge in [0.1, 0.15) is 5.60 Å². The molecule has 0 amide bonds. The molecule has 0 aromatic rings. The number of hydrogen-bond donors (Lipinski definition) is 3. The Morgan fingerprint density at radius 3 is 3.12 bits per heavy atom. The number of aliphatic imine (C=N–C) groups is 2. The molecule has 2 unspecified atom stereocenters. The number of piperidine rings is 1. The summed E-state index contributed by atoms with van der Waals surface area (Å²) >= 11 is 1.77. The quantitative estimate of drug-likeness (QED) is 0.673. The van der Waals surface area contributed by atoms with Crippen molar-refractivity contribution in [2.24, 2.45) is 15.9 Å². The Labute approximate surface area is 152 Å². The van der Waals surface area contributed by atoms with Gasteiger partial charge in [0.15, 0.2) is 0 Å². The van der Waals surface area contributed by atoms with Crippen molar-refractivity contribution in [3.63, 3.8) is 0 Å². The molecule has 2 saturated heterocycles. The summed E-state index contributed by atoms with van der Waals surface area (Å²) in [5.74, 6) is 2.99. The number of ether oxygens (including phenoxy) is 1. The first kappa shape index (κ1) is 17.3. The molecule has 0 spiro atoms. The highest BCUT2D eigenvalue weighted by molar-refractivity contribution is 7.99. The maximum atomic E-state index is 10.0. The highest BCUT2D eigenvalue weighted by atomic mass is 32.2. The third-order valence-corrected chi connectivity index (χ3v) is 6.31.